The van der Waals surface area contributed by atoms with Crippen LogP contribution in [0.15, 0.2) is 67.1 Å². The van der Waals surface area contributed by atoms with E-state index in [4.69, 9.17) is 9.47 Å². The number of carbonyl (C=O) groups is 2. The molecule has 0 aliphatic carbocycles. The van der Waals surface area contributed by atoms with E-state index < -0.39 is 0 Å². The molecule has 3 heterocycles. The van der Waals surface area contributed by atoms with E-state index in [-0.39, 0.29) is 24.5 Å². The van der Waals surface area contributed by atoms with Gasteiger partial charge in [0.2, 0.25) is 5.91 Å². The zero-order valence-electron chi connectivity index (χ0n) is 19.4. The molecule has 0 unspecified atom stereocenters. The first kappa shape index (κ1) is 23.4. The maximum absolute atomic E-state index is 13.3. The summed E-state index contributed by atoms with van der Waals surface area (Å²) in [7, 11) is 1.62. The summed E-state index contributed by atoms with van der Waals surface area (Å²) in [5, 5.41) is 0. The highest BCUT2D eigenvalue weighted by molar-refractivity contribution is 5.97. The van der Waals surface area contributed by atoms with Crippen LogP contribution in [0, 0.1) is 6.92 Å². The highest BCUT2D eigenvalue weighted by Crippen LogP contribution is 2.18. The summed E-state index contributed by atoms with van der Waals surface area (Å²) in [5.74, 6) is 0.408. The number of nitrogens with zero attached hydrogens (tertiary/aromatic N) is 4. The minimum Gasteiger partial charge on any atom is -0.497 e. The van der Waals surface area contributed by atoms with Crippen LogP contribution in [0.4, 0.5) is 0 Å². The number of rotatable bonds is 7. The number of methoxy groups -OCH3 is 1. The fourth-order valence-corrected chi connectivity index (χ4v) is 3.92. The maximum Gasteiger partial charge on any atom is 0.256 e. The fraction of sp³-hybridized carbons (Fsp3) is 0.308. The molecule has 0 N–H and O–H groups in total. The summed E-state index contributed by atoms with van der Waals surface area (Å²) in [4.78, 5) is 38.2. The second kappa shape index (κ2) is 10.9. The lowest BCUT2D eigenvalue weighted by atomic mass is 10.1. The number of aromatic nitrogens is 2. The van der Waals surface area contributed by atoms with Crippen molar-refractivity contribution in [3.05, 3.63) is 89.5 Å². The molecule has 8 nitrogen and oxygen atoms in total. The van der Waals surface area contributed by atoms with Crippen molar-refractivity contribution in [3.63, 3.8) is 0 Å². The van der Waals surface area contributed by atoms with Crippen LogP contribution < -0.4 is 4.74 Å². The Bertz CT molecular complexity index is 1120. The van der Waals surface area contributed by atoms with Gasteiger partial charge in [-0.05, 0) is 48.4 Å². The molecule has 1 aliphatic rings. The highest BCUT2D eigenvalue weighted by atomic mass is 16.5. The molecular weight excluding hydrogens is 432 g/mol. The maximum atomic E-state index is 13.3. The Morgan fingerprint density at radius 3 is 2.56 bits per heavy atom. The molecule has 3 aromatic rings. The van der Waals surface area contributed by atoms with Gasteiger partial charge in [-0.25, -0.2) is 0 Å². The summed E-state index contributed by atoms with van der Waals surface area (Å²) in [5.41, 5.74) is 3.03. The monoisotopic (exact) mass is 460 g/mol. The third kappa shape index (κ3) is 5.77. The average molecular weight is 461 g/mol. The molecule has 1 fully saturated rings. The van der Waals surface area contributed by atoms with Crippen LogP contribution in [0.5, 0.6) is 5.75 Å². The summed E-state index contributed by atoms with van der Waals surface area (Å²) in [6, 6.07) is 14.9. The van der Waals surface area contributed by atoms with E-state index >= 15 is 0 Å². The zero-order chi connectivity index (χ0) is 23.9. The lowest BCUT2D eigenvalue weighted by Crippen LogP contribution is -2.40. The molecule has 4 rings (SSSR count). The Labute approximate surface area is 199 Å². The summed E-state index contributed by atoms with van der Waals surface area (Å²) >= 11 is 0. The molecule has 1 aliphatic heterocycles. The second-order valence-electron chi connectivity index (χ2n) is 8.24. The predicted molar refractivity (Wildman–Crippen MR) is 126 cm³/mol. The van der Waals surface area contributed by atoms with Crippen molar-refractivity contribution in [2.45, 2.75) is 26.2 Å². The number of benzene rings is 1. The SMILES string of the molecule is COc1ccc(CN2C[C@H](OCc3cccnc3)CN(C(=O)c3cccnc3C)CC2=O)cc1. The predicted octanol–water partition coefficient (Wildman–Crippen LogP) is 2.86. The van der Waals surface area contributed by atoms with E-state index in [1.165, 1.54) is 0 Å². The molecule has 1 saturated heterocycles. The molecule has 34 heavy (non-hydrogen) atoms. The van der Waals surface area contributed by atoms with Crippen LogP contribution in [0.3, 0.4) is 0 Å². The quantitative estimate of drug-likeness (QED) is 0.539. The Balaban J connectivity index is 1.54. The van der Waals surface area contributed by atoms with E-state index in [0.717, 1.165) is 16.9 Å². The van der Waals surface area contributed by atoms with Gasteiger partial charge in [-0.15, -0.1) is 0 Å². The first-order valence-corrected chi connectivity index (χ1v) is 11.2. The normalized spacial score (nSPS) is 16.3. The number of hydrogen-bond acceptors (Lipinski definition) is 6. The number of ether oxygens (including phenoxy) is 2. The highest BCUT2D eigenvalue weighted by Gasteiger charge is 2.32. The largest absolute Gasteiger partial charge is 0.497 e. The van der Waals surface area contributed by atoms with Crippen molar-refractivity contribution in [1.29, 1.82) is 0 Å². The topological polar surface area (TPSA) is 84.9 Å². The molecule has 2 aromatic heterocycles. The third-order valence-electron chi connectivity index (χ3n) is 5.79. The Kier molecular flexibility index (Phi) is 7.49. The number of aryl methyl sites for hydroxylation is 1. The molecule has 8 heteroatoms. The lowest BCUT2D eigenvalue weighted by Gasteiger charge is -2.25. The number of hydrogen-bond donors (Lipinski definition) is 0. The van der Waals surface area contributed by atoms with Crippen LogP contribution in [0.2, 0.25) is 0 Å². The van der Waals surface area contributed by atoms with Gasteiger partial charge in [0.25, 0.3) is 5.91 Å². The van der Waals surface area contributed by atoms with Gasteiger partial charge < -0.3 is 19.3 Å². The lowest BCUT2D eigenvalue weighted by molar-refractivity contribution is -0.132. The van der Waals surface area contributed by atoms with Crippen molar-refractivity contribution in [2.75, 3.05) is 26.7 Å². The summed E-state index contributed by atoms with van der Waals surface area (Å²) in [6.07, 6.45) is 4.75. The van der Waals surface area contributed by atoms with Crippen molar-refractivity contribution in [3.8, 4) is 5.75 Å². The molecule has 1 atom stereocenters. The fourth-order valence-electron chi connectivity index (χ4n) is 3.92. The number of carbonyl (C=O) groups excluding carboxylic acids is 2. The standard InChI is InChI=1S/C26H28N4O4/c1-19-24(6-4-12-28-19)26(32)30-16-23(34-18-21-5-3-11-27-13-21)15-29(25(31)17-30)14-20-7-9-22(33-2)10-8-20/h3-13,23H,14-18H2,1-2H3/t23-/m0/s1. The van der Waals surface area contributed by atoms with Gasteiger partial charge in [0, 0.05) is 43.9 Å². The Hall–Kier alpha value is -3.78. The summed E-state index contributed by atoms with van der Waals surface area (Å²) < 4.78 is 11.4. The molecule has 2 amide bonds. The molecular formula is C26H28N4O4. The van der Waals surface area contributed by atoms with Gasteiger partial charge in [-0.3, -0.25) is 19.6 Å². The molecule has 0 saturated carbocycles. The molecule has 0 bridgehead atoms. The minimum absolute atomic E-state index is 0.0178. The van der Waals surface area contributed by atoms with E-state index in [0.29, 0.717) is 37.5 Å². The van der Waals surface area contributed by atoms with E-state index in [1.807, 2.05) is 36.4 Å². The molecule has 0 spiro atoms. The van der Waals surface area contributed by atoms with Crippen molar-refractivity contribution in [2.24, 2.45) is 0 Å². The average Bonchev–Trinajstić information content (AvgIpc) is 3.02. The van der Waals surface area contributed by atoms with Crippen molar-refractivity contribution in [1.82, 2.24) is 19.8 Å². The van der Waals surface area contributed by atoms with Crippen molar-refractivity contribution < 1.29 is 19.1 Å². The first-order valence-electron chi connectivity index (χ1n) is 11.2. The third-order valence-corrected chi connectivity index (χ3v) is 5.79. The Morgan fingerprint density at radius 1 is 1.06 bits per heavy atom. The van der Waals surface area contributed by atoms with Crippen LogP contribution >= 0.6 is 0 Å². The van der Waals surface area contributed by atoms with Gasteiger partial charge >= 0.3 is 0 Å². The zero-order valence-corrected chi connectivity index (χ0v) is 19.4. The number of amides is 2. The van der Waals surface area contributed by atoms with Gasteiger partial charge in [0.1, 0.15) is 12.3 Å². The van der Waals surface area contributed by atoms with E-state index in [9.17, 15) is 9.59 Å². The van der Waals surface area contributed by atoms with E-state index in [1.54, 1.807) is 54.6 Å². The minimum atomic E-state index is -0.356. The summed E-state index contributed by atoms with van der Waals surface area (Å²) in [6.45, 7) is 3.22. The van der Waals surface area contributed by atoms with E-state index in [2.05, 4.69) is 9.97 Å². The van der Waals surface area contributed by atoms with Gasteiger partial charge in [0.15, 0.2) is 0 Å². The van der Waals surface area contributed by atoms with Crippen LogP contribution in [0.1, 0.15) is 27.2 Å². The smallest absolute Gasteiger partial charge is 0.256 e. The molecule has 1 aromatic carbocycles. The Morgan fingerprint density at radius 2 is 1.85 bits per heavy atom. The number of pyridine rings is 2. The van der Waals surface area contributed by atoms with Crippen LogP contribution in [0.25, 0.3) is 0 Å². The second-order valence-corrected chi connectivity index (χ2v) is 8.24. The van der Waals surface area contributed by atoms with Gasteiger partial charge in [-0.2, -0.15) is 0 Å². The van der Waals surface area contributed by atoms with Crippen LogP contribution in [-0.2, 0) is 22.7 Å². The van der Waals surface area contributed by atoms with Crippen LogP contribution in [-0.4, -0.2) is 64.4 Å². The van der Waals surface area contributed by atoms with Gasteiger partial charge in [0.05, 0.1) is 25.4 Å². The first-order chi connectivity index (χ1) is 16.5. The molecule has 176 valence electrons. The van der Waals surface area contributed by atoms with Crippen molar-refractivity contribution >= 4 is 11.8 Å². The molecule has 0 radical (unpaired) electrons. The van der Waals surface area contributed by atoms with Gasteiger partial charge in [-0.1, -0.05) is 18.2 Å².